The molecule has 1 aromatic carbocycles. The molecule has 0 atom stereocenters. The Morgan fingerprint density at radius 1 is 1.17 bits per heavy atom. The minimum absolute atomic E-state index is 0. The van der Waals surface area contributed by atoms with Crippen LogP contribution in [0, 0.1) is 3.57 Å². The van der Waals surface area contributed by atoms with E-state index in [9.17, 15) is 13.0 Å². The van der Waals surface area contributed by atoms with Gasteiger partial charge in [-0.15, -0.1) is 0 Å². The molecule has 0 bridgehead atoms. The third-order valence-electron chi connectivity index (χ3n) is 1.10. The molecule has 0 aliphatic carbocycles. The molecule has 0 spiro atoms. The van der Waals surface area contributed by atoms with Crippen LogP contribution in [-0.2, 0) is 32.5 Å². The minimum atomic E-state index is -4.27. The third-order valence-corrected chi connectivity index (χ3v) is 2.67. The molecule has 0 unspecified atom stereocenters. The largest absolute Gasteiger partial charge is 1.00 e. The summed E-state index contributed by atoms with van der Waals surface area (Å²) in [5, 5.41) is 0. The molecule has 70 valence electrons. The van der Waals surface area contributed by atoms with E-state index in [0.29, 0.717) is 0 Å². The first-order valence-corrected chi connectivity index (χ1v) is 5.20. The first-order valence-electron chi connectivity index (χ1n) is 2.71. The van der Waals surface area contributed by atoms with Gasteiger partial charge in [0.25, 0.3) is 0 Å². The van der Waals surface area contributed by atoms with Crippen molar-refractivity contribution in [2.75, 3.05) is 0 Å². The van der Waals surface area contributed by atoms with Crippen molar-refractivity contribution < 1.29 is 35.4 Å². The maximum Gasteiger partial charge on any atom is 1.00 e. The van der Waals surface area contributed by atoms with Crippen LogP contribution in [0.5, 0.6) is 0 Å². The van der Waals surface area contributed by atoms with E-state index in [2.05, 4.69) is 0 Å². The van der Waals surface area contributed by atoms with Gasteiger partial charge in [-0.3, -0.25) is 0 Å². The number of halogens is 1. The van der Waals surface area contributed by atoms with Crippen molar-refractivity contribution in [1.29, 1.82) is 0 Å². The van der Waals surface area contributed by atoms with Crippen LogP contribution in [0.2, 0.25) is 0 Å². The van der Waals surface area contributed by atoms with E-state index in [1.165, 1.54) is 12.1 Å². The molecule has 0 saturated heterocycles. The van der Waals surface area contributed by atoms with Gasteiger partial charge in [0.15, 0.2) is 0 Å². The van der Waals surface area contributed by atoms with Crippen molar-refractivity contribution in [3.8, 4) is 0 Å². The summed E-state index contributed by atoms with van der Waals surface area (Å²) in [5.41, 5.74) is 0. The molecule has 0 radical (unpaired) electrons. The van der Waals surface area contributed by atoms with E-state index < -0.39 is 10.1 Å². The summed E-state index contributed by atoms with van der Waals surface area (Å²) in [7, 11) is -4.27. The van der Waals surface area contributed by atoms with Gasteiger partial charge in [-0.1, -0.05) is 0 Å². The average molecular weight is 391 g/mol. The number of hydrogen-bond donors (Lipinski definition) is 0. The predicted octanol–water partition coefficient (Wildman–Crippen LogP) is 1.19. The number of benzene rings is 1. The molecule has 0 saturated carbocycles. The summed E-state index contributed by atoms with van der Waals surface area (Å²) in [6, 6.07) is 5.74. The van der Waals surface area contributed by atoms with Gasteiger partial charge in [-0.05, 0) is 46.9 Å². The molecule has 1 aromatic rings. The van der Waals surface area contributed by atoms with E-state index in [4.69, 9.17) is 0 Å². The Hall–Kier alpha value is 0.600. The summed E-state index contributed by atoms with van der Waals surface area (Å²) in [6.07, 6.45) is 0. The Bertz CT molecular complexity index is 346. The Morgan fingerprint density at radius 2 is 1.58 bits per heavy atom. The van der Waals surface area contributed by atoms with Crippen LogP contribution in [0.4, 0.5) is 0 Å². The zero-order chi connectivity index (χ0) is 8.48. The fraction of sp³-hybridized carbons (Fsp3) is 0. The number of hydrogen-bond acceptors (Lipinski definition) is 3. The molecule has 3 nitrogen and oxygen atoms in total. The van der Waals surface area contributed by atoms with Crippen LogP contribution in [0.25, 0.3) is 0 Å². The van der Waals surface area contributed by atoms with E-state index in [-0.39, 0.29) is 27.3 Å². The first kappa shape index (κ1) is 12.6. The monoisotopic (exact) mass is 390 g/mol. The van der Waals surface area contributed by atoms with Crippen molar-refractivity contribution in [2.24, 2.45) is 0 Å². The van der Waals surface area contributed by atoms with Crippen LogP contribution in [0.3, 0.4) is 0 Å². The first-order chi connectivity index (χ1) is 5.00. The van der Waals surface area contributed by atoms with Gasteiger partial charge in [0.05, 0.1) is 4.90 Å². The standard InChI is InChI=1S/C6H5IO3S.Ag/c7-5-1-3-6(4-2-5)11(8,9)10;/h1-4H,(H,8,9,10);/q;+1/p-1. The minimum Gasteiger partial charge on any atom is -0.744 e. The fourth-order valence-corrected chi connectivity index (χ4v) is 1.43. The summed E-state index contributed by atoms with van der Waals surface area (Å²) >= 11 is 2.03. The van der Waals surface area contributed by atoms with Gasteiger partial charge in [0.1, 0.15) is 10.1 Å². The third kappa shape index (κ3) is 3.55. The molecular weight excluding hydrogens is 387 g/mol. The van der Waals surface area contributed by atoms with Crippen LogP contribution in [-0.4, -0.2) is 13.0 Å². The molecule has 0 N–H and O–H groups in total. The zero-order valence-corrected chi connectivity index (χ0v) is 10.1. The van der Waals surface area contributed by atoms with Crippen molar-refractivity contribution in [3.05, 3.63) is 27.8 Å². The molecule has 0 aliphatic rings. The SMILES string of the molecule is O=S(=O)([O-])c1ccc(I)cc1.[Ag+]. The molecule has 0 aromatic heterocycles. The van der Waals surface area contributed by atoms with E-state index in [1.54, 1.807) is 12.1 Å². The van der Waals surface area contributed by atoms with Crippen LogP contribution < -0.4 is 0 Å². The maximum absolute atomic E-state index is 10.4. The van der Waals surface area contributed by atoms with E-state index in [1.807, 2.05) is 22.6 Å². The predicted molar refractivity (Wildman–Crippen MR) is 47.1 cm³/mol. The molecule has 12 heavy (non-hydrogen) atoms. The molecule has 1 rings (SSSR count). The topological polar surface area (TPSA) is 57.2 Å². The quantitative estimate of drug-likeness (QED) is 0.411. The van der Waals surface area contributed by atoms with Gasteiger partial charge in [0.2, 0.25) is 0 Å². The van der Waals surface area contributed by atoms with Crippen LogP contribution in [0.15, 0.2) is 29.2 Å². The van der Waals surface area contributed by atoms with Gasteiger partial charge in [-0.2, -0.15) is 0 Å². The smallest absolute Gasteiger partial charge is 0.744 e. The van der Waals surface area contributed by atoms with E-state index in [0.717, 1.165) is 3.57 Å². The molecule has 0 aliphatic heterocycles. The van der Waals surface area contributed by atoms with E-state index >= 15 is 0 Å². The summed E-state index contributed by atoms with van der Waals surface area (Å²) in [4.78, 5) is -0.182. The van der Waals surface area contributed by atoms with Crippen molar-refractivity contribution in [3.63, 3.8) is 0 Å². The van der Waals surface area contributed by atoms with Crippen molar-refractivity contribution >= 4 is 32.7 Å². The summed E-state index contributed by atoms with van der Waals surface area (Å²) in [6.45, 7) is 0. The number of rotatable bonds is 1. The molecular formula is C6H4AgIO3S. The van der Waals surface area contributed by atoms with Gasteiger partial charge >= 0.3 is 22.4 Å². The molecule has 0 fully saturated rings. The van der Waals surface area contributed by atoms with Crippen LogP contribution >= 0.6 is 22.6 Å². The summed E-state index contributed by atoms with van der Waals surface area (Å²) < 4.78 is 32.1. The second kappa shape index (κ2) is 4.73. The maximum atomic E-state index is 10.4. The molecule has 6 heteroatoms. The Labute approximate surface area is 100.0 Å². The average Bonchev–Trinajstić information content (AvgIpc) is 1.86. The molecule has 0 amide bonds. The van der Waals surface area contributed by atoms with Crippen molar-refractivity contribution in [2.45, 2.75) is 4.90 Å². The van der Waals surface area contributed by atoms with Gasteiger partial charge in [0, 0.05) is 3.57 Å². The van der Waals surface area contributed by atoms with Crippen molar-refractivity contribution in [1.82, 2.24) is 0 Å². The molecule has 0 heterocycles. The second-order valence-electron chi connectivity index (χ2n) is 1.91. The van der Waals surface area contributed by atoms with Gasteiger partial charge < -0.3 is 4.55 Å². The zero-order valence-electron chi connectivity index (χ0n) is 5.62. The summed E-state index contributed by atoms with van der Waals surface area (Å²) in [5.74, 6) is 0. The Kier molecular flexibility index (Phi) is 4.97. The van der Waals surface area contributed by atoms with Gasteiger partial charge in [-0.25, -0.2) is 8.42 Å². The Balaban J connectivity index is 0.00000121. The second-order valence-corrected chi connectivity index (χ2v) is 4.53. The Morgan fingerprint density at radius 3 is 1.92 bits per heavy atom. The van der Waals surface area contributed by atoms with Crippen LogP contribution in [0.1, 0.15) is 0 Å². The fourth-order valence-electron chi connectivity index (χ4n) is 0.601. The normalized spacial score (nSPS) is 10.5.